The summed E-state index contributed by atoms with van der Waals surface area (Å²) in [5.41, 5.74) is 2.15. The first-order valence-corrected chi connectivity index (χ1v) is 10.0. The zero-order valence-corrected chi connectivity index (χ0v) is 17.0. The summed E-state index contributed by atoms with van der Waals surface area (Å²) in [5, 5.41) is 35.0. The molecule has 0 bridgehead atoms. The normalized spacial score (nSPS) is 12.8. The van der Waals surface area contributed by atoms with Crippen molar-refractivity contribution in [2.45, 2.75) is 18.6 Å². The van der Waals surface area contributed by atoms with Gasteiger partial charge in [0.2, 0.25) is 0 Å². The summed E-state index contributed by atoms with van der Waals surface area (Å²) in [6.45, 7) is 0.260. The van der Waals surface area contributed by atoms with E-state index in [1.54, 1.807) is 30.5 Å². The molecule has 3 aromatic rings. The van der Waals surface area contributed by atoms with Crippen LogP contribution in [-0.2, 0) is 6.42 Å². The Morgan fingerprint density at radius 1 is 1.06 bits per heavy atom. The quantitative estimate of drug-likeness (QED) is 0.279. The number of carbonyl (C=O) groups is 1. The molecule has 1 aromatic heterocycles. The van der Waals surface area contributed by atoms with E-state index in [0.717, 1.165) is 5.56 Å². The van der Waals surface area contributed by atoms with E-state index in [9.17, 15) is 20.1 Å². The number of aromatic nitrogens is 1. The van der Waals surface area contributed by atoms with Crippen molar-refractivity contribution in [2.75, 3.05) is 25.1 Å². The standard InChI is InChI=1S/C23H27N3O5/c27-14-18(25-13-20(29)15-31-21-9-7-19(28)8-10-21)12-16-3-5-17(6-4-16)26-23(30)22-2-1-11-24-22/h1-11,18,20,24-25,27-29H,12-15H2,(H,26,30)/t18-,20-/m0/s1. The number of anilines is 1. The molecule has 8 heteroatoms. The van der Waals surface area contributed by atoms with Gasteiger partial charge < -0.3 is 35.7 Å². The van der Waals surface area contributed by atoms with Crippen molar-refractivity contribution in [1.29, 1.82) is 0 Å². The summed E-state index contributed by atoms with van der Waals surface area (Å²) >= 11 is 0. The highest BCUT2D eigenvalue weighted by Gasteiger charge is 2.12. The lowest BCUT2D eigenvalue weighted by Crippen LogP contribution is -2.41. The second-order valence-electron chi connectivity index (χ2n) is 7.19. The molecule has 2 aromatic carbocycles. The van der Waals surface area contributed by atoms with Gasteiger partial charge in [-0.2, -0.15) is 0 Å². The molecule has 0 fully saturated rings. The van der Waals surface area contributed by atoms with Crippen molar-refractivity contribution >= 4 is 11.6 Å². The number of aromatic hydroxyl groups is 1. The number of phenols is 1. The Labute approximate surface area is 180 Å². The van der Waals surface area contributed by atoms with E-state index in [-0.39, 0.29) is 37.5 Å². The third-order valence-electron chi connectivity index (χ3n) is 4.68. The zero-order chi connectivity index (χ0) is 22.1. The van der Waals surface area contributed by atoms with Crippen LogP contribution in [0.5, 0.6) is 11.5 Å². The molecule has 8 nitrogen and oxygen atoms in total. The Bertz CT molecular complexity index is 927. The molecule has 0 unspecified atom stereocenters. The molecule has 6 N–H and O–H groups in total. The molecule has 0 radical (unpaired) electrons. The number of phenolic OH excluding ortho intramolecular Hbond substituents is 1. The highest BCUT2D eigenvalue weighted by atomic mass is 16.5. The van der Waals surface area contributed by atoms with Crippen molar-refractivity contribution in [1.82, 2.24) is 10.3 Å². The molecular formula is C23H27N3O5. The first-order valence-electron chi connectivity index (χ1n) is 10.0. The highest BCUT2D eigenvalue weighted by Crippen LogP contribution is 2.16. The molecule has 0 saturated heterocycles. The van der Waals surface area contributed by atoms with Gasteiger partial charge >= 0.3 is 0 Å². The second kappa shape index (κ2) is 11.2. The number of carbonyl (C=O) groups excluding carboxylic acids is 1. The van der Waals surface area contributed by atoms with E-state index >= 15 is 0 Å². The van der Waals surface area contributed by atoms with E-state index < -0.39 is 6.10 Å². The van der Waals surface area contributed by atoms with Crippen LogP contribution in [-0.4, -0.2) is 58.1 Å². The molecule has 2 atom stereocenters. The number of H-pyrrole nitrogens is 1. The van der Waals surface area contributed by atoms with Crippen LogP contribution in [0.3, 0.4) is 0 Å². The van der Waals surface area contributed by atoms with Gasteiger partial charge in [0.1, 0.15) is 29.9 Å². The Morgan fingerprint density at radius 2 is 1.81 bits per heavy atom. The fraction of sp³-hybridized carbons (Fsp3) is 0.261. The Morgan fingerprint density at radius 3 is 2.45 bits per heavy atom. The summed E-state index contributed by atoms with van der Waals surface area (Å²) in [4.78, 5) is 14.9. The van der Waals surface area contributed by atoms with E-state index in [1.165, 1.54) is 12.1 Å². The summed E-state index contributed by atoms with van der Waals surface area (Å²) in [6.07, 6.45) is 1.50. The smallest absolute Gasteiger partial charge is 0.272 e. The van der Waals surface area contributed by atoms with E-state index in [0.29, 0.717) is 23.6 Å². The maximum Gasteiger partial charge on any atom is 0.272 e. The van der Waals surface area contributed by atoms with Crippen LogP contribution in [0, 0.1) is 0 Å². The maximum absolute atomic E-state index is 12.1. The van der Waals surface area contributed by atoms with Gasteiger partial charge in [0.05, 0.1) is 6.61 Å². The molecular weight excluding hydrogens is 398 g/mol. The summed E-state index contributed by atoms with van der Waals surface area (Å²) in [7, 11) is 0. The van der Waals surface area contributed by atoms with Gasteiger partial charge in [-0.3, -0.25) is 4.79 Å². The van der Waals surface area contributed by atoms with Gasteiger partial charge in [0.15, 0.2) is 0 Å². The van der Waals surface area contributed by atoms with Crippen molar-refractivity contribution < 1.29 is 24.9 Å². The number of aromatic amines is 1. The van der Waals surface area contributed by atoms with Crippen molar-refractivity contribution in [3.63, 3.8) is 0 Å². The summed E-state index contributed by atoms with van der Waals surface area (Å²) < 4.78 is 5.48. The molecule has 0 aliphatic carbocycles. The van der Waals surface area contributed by atoms with E-state index in [2.05, 4.69) is 15.6 Å². The Balaban J connectivity index is 1.42. The van der Waals surface area contributed by atoms with Crippen LogP contribution in [0.25, 0.3) is 0 Å². The summed E-state index contributed by atoms with van der Waals surface area (Å²) in [5.74, 6) is 0.492. The number of nitrogens with one attached hydrogen (secondary N) is 3. The predicted molar refractivity (Wildman–Crippen MR) is 117 cm³/mol. The van der Waals surface area contributed by atoms with Crippen molar-refractivity contribution in [2.24, 2.45) is 0 Å². The Kier molecular flexibility index (Phi) is 8.05. The highest BCUT2D eigenvalue weighted by molar-refractivity contribution is 6.02. The fourth-order valence-corrected chi connectivity index (χ4v) is 2.98. The Hall–Kier alpha value is -3.33. The van der Waals surface area contributed by atoms with Crippen LogP contribution < -0.4 is 15.4 Å². The number of aliphatic hydroxyl groups is 2. The third-order valence-corrected chi connectivity index (χ3v) is 4.68. The lowest BCUT2D eigenvalue weighted by molar-refractivity contribution is 0.0997. The van der Waals surface area contributed by atoms with E-state index in [1.807, 2.05) is 24.3 Å². The van der Waals surface area contributed by atoms with Crippen LogP contribution in [0.1, 0.15) is 16.1 Å². The number of benzene rings is 2. The maximum atomic E-state index is 12.1. The number of amides is 1. The third kappa shape index (κ3) is 7.14. The van der Waals surface area contributed by atoms with Gasteiger partial charge in [-0.05, 0) is 60.5 Å². The second-order valence-corrected chi connectivity index (χ2v) is 7.19. The van der Waals surface area contributed by atoms with Crippen LogP contribution in [0.15, 0.2) is 66.9 Å². The molecule has 164 valence electrons. The first kappa shape index (κ1) is 22.4. The van der Waals surface area contributed by atoms with Crippen molar-refractivity contribution in [3.8, 4) is 11.5 Å². The van der Waals surface area contributed by atoms with Gasteiger partial charge in [0, 0.05) is 24.5 Å². The monoisotopic (exact) mass is 425 g/mol. The van der Waals surface area contributed by atoms with Gasteiger partial charge in [0.25, 0.3) is 5.91 Å². The van der Waals surface area contributed by atoms with Crippen LogP contribution in [0.4, 0.5) is 5.69 Å². The van der Waals surface area contributed by atoms with Gasteiger partial charge in [-0.25, -0.2) is 0 Å². The lowest BCUT2D eigenvalue weighted by Gasteiger charge is -2.19. The average molecular weight is 425 g/mol. The van der Waals surface area contributed by atoms with E-state index in [4.69, 9.17) is 4.74 Å². The number of ether oxygens (including phenoxy) is 1. The largest absolute Gasteiger partial charge is 0.508 e. The number of aliphatic hydroxyl groups excluding tert-OH is 2. The van der Waals surface area contributed by atoms with Crippen LogP contribution in [0.2, 0.25) is 0 Å². The molecule has 0 saturated carbocycles. The number of hydrogen-bond donors (Lipinski definition) is 6. The molecule has 0 aliphatic rings. The fourth-order valence-electron chi connectivity index (χ4n) is 2.98. The van der Waals surface area contributed by atoms with Crippen molar-refractivity contribution in [3.05, 3.63) is 78.1 Å². The zero-order valence-electron chi connectivity index (χ0n) is 17.0. The summed E-state index contributed by atoms with van der Waals surface area (Å²) in [6, 6.07) is 16.9. The van der Waals surface area contributed by atoms with Gasteiger partial charge in [-0.1, -0.05) is 12.1 Å². The minimum absolute atomic E-state index is 0.0865. The molecule has 31 heavy (non-hydrogen) atoms. The lowest BCUT2D eigenvalue weighted by atomic mass is 10.1. The minimum atomic E-state index is -0.756. The molecule has 3 rings (SSSR count). The SMILES string of the molecule is O=C(Nc1ccc(C[C@@H](CO)NC[C@H](O)COc2ccc(O)cc2)cc1)c1ccc[nH]1. The van der Waals surface area contributed by atoms with Gasteiger partial charge in [-0.15, -0.1) is 0 Å². The molecule has 1 amide bonds. The molecule has 1 heterocycles. The first-order chi connectivity index (χ1) is 15.0. The number of rotatable bonds is 11. The average Bonchev–Trinajstić information content (AvgIpc) is 3.32. The van der Waals surface area contributed by atoms with Crippen LogP contribution >= 0.6 is 0 Å². The predicted octanol–water partition coefficient (Wildman–Crippen LogP) is 1.91. The molecule has 0 spiro atoms. The molecule has 0 aliphatic heterocycles. The number of hydrogen-bond acceptors (Lipinski definition) is 6. The topological polar surface area (TPSA) is 127 Å². The minimum Gasteiger partial charge on any atom is -0.508 e.